The van der Waals surface area contributed by atoms with Gasteiger partial charge in [-0.15, -0.1) is 0 Å². The van der Waals surface area contributed by atoms with E-state index in [0.717, 1.165) is 29.8 Å². The van der Waals surface area contributed by atoms with Gasteiger partial charge in [0.05, 0.1) is 6.54 Å². The fourth-order valence-corrected chi connectivity index (χ4v) is 4.20. The summed E-state index contributed by atoms with van der Waals surface area (Å²) in [6.45, 7) is 4.56. The van der Waals surface area contributed by atoms with Crippen LogP contribution in [-0.2, 0) is 10.0 Å². The fraction of sp³-hybridized carbons (Fsp3) is 0.368. The second-order valence-electron chi connectivity index (χ2n) is 6.43. The van der Waals surface area contributed by atoms with Gasteiger partial charge in [0.1, 0.15) is 6.10 Å². The van der Waals surface area contributed by atoms with E-state index in [1.165, 1.54) is 9.71 Å². The van der Waals surface area contributed by atoms with Gasteiger partial charge in [-0.25, -0.2) is 18.4 Å². The van der Waals surface area contributed by atoms with Crippen molar-refractivity contribution < 1.29 is 13.2 Å². The Morgan fingerprint density at radius 2 is 1.85 bits per heavy atom. The molecule has 138 valence electrons. The number of nitrogens with zero attached hydrogens (tertiary/aromatic N) is 3. The van der Waals surface area contributed by atoms with Crippen molar-refractivity contribution in [3.63, 3.8) is 0 Å². The molecule has 0 aliphatic carbocycles. The summed E-state index contributed by atoms with van der Waals surface area (Å²) in [7, 11) is -3.49. The van der Waals surface area contributed by atoms with Crippen LogP contribution >= 0.6 is 0 Å². The second-order valence-corrected chi connectivity index (χ2v) is 8.25. The zero-order valence-corrected chi connectivity index (χ0v) is 15.8. The van der Waals surface area contributed by atoms with E-state index in [-0.39, 0.29) is 6.10 Å². The van der Waals surface area contributed by atoms with Crippen molar-refractivity contribution in [2.45, 2.75) is 32.8 Å². The Balaban J connectivity index is 1.68. The number of hydrogen-bond acceptors (Lipinski definition) is 5. The molecule has 2 aromatic rings. The summed E-state index contributed by atoms with van der Waals surface area (Å²) in [4.78, 5) is 8.55. The lowest BCUT2D eigenvalue weighted by Gasteiger charge is -2.30. The van der Waals surface area contributed by atoms with Crippen LogP contribution in [0.15, 0.2) is 41.8 Å². The predicted octanol–water partition coefficient (Wildman–Crippen LogP) is 2.94. The Morgan fingerprint density at radius 3 is 2.54 bits per heavy atom. The molecule has 7 heteroatoms. The van der Waals surface area contributed by atoms with Crippen LogP contribution in [0.4, 0.5) is 0 Å². The third-order valence-electron chi connectivity index (χ3n) is 4.17. The molecule has 1 aliphatic heterocycles. The molecule has 1 aromatic carbocycles. The molecule has 1 unspecified atom stereocenters. The molecule has 0 spiro atoms. The van der Waals surface area contributed by atoms with Crippen molar-refractivity contribution in [3.8, 4) is 6.01 Å². The van der Waals surface area contributed by atoms with Gasteiger partial charge in [-0.05, 0) is 44.4 Å². The highest BCUT2D eigenvalue weighted by molar-refractivity contribution is 7.92. The number of piperidine rings is 1. The Bertz CT molecular complexity index is 862. The largest absolute Gasteiger partial charge is 0.459 e. The van der Waals surface area contributed by atoms with Gasteiger partial charge in [-0.3, -0.25) is 0 Å². The highest BCUT2D eigenvalue weighted by Crippen LogP contribution is 2.20. The van der Waals surface area contributed by atoms with Crippen LogP contribution in [0.1, 0.15) is 29.8 Å². The zero-order valence-electron chi connectivity index (χ0n) is 15.0. The normalized spacial score (nSPS) is 18.9. The monoisotopic (exact) mass is 373 g/mol. The third-order valence-corrected chi connectivity index (χ3v) is 5.70. The van der Waals surface area contributed by atoms with Gasteiger partial charge in [-0.2, -0.15) is 4.31 Å². The smallest absolute Gasteiger partial charge is 0.317 e. The predicted molar refractivity (Wildman–Crippen MR) is 101 cm³/mol. The van der Waals surface area contributed by atoms with Crippen molar-refractivity contribution in [1.82, 2.24) is 14.3 Å². The number of aromatic nitrogens is 2. The van der Waals surface area contributed by atoms with Crippen molar-refractivity contribution in [2.75, 3.05) is 13.1 Å². The van der Waals surface area contributed by atoms with Crippen LogP contribution in [0.5, 0.6) is 6.01 Å². The minimum Gasteiger partial charge on any atom is -0.459 e. The highest BCUT2D eigenvalue weighted by Gasteiger charge is 2.29. The maximum atomic E-state index is 12.6. The van der Waals surface area contributed by atoms with Gasteiger partial charge in [0.15, 0.2) is 0 Å². The van der Waals surface area contributed by atoms with Crippen molar-refractivity contribution in [2.24, 2.45) is 0 Å². The van der Waals surface area contributed by atoms with Gasteiger partial charge in [0.25, 0.3) is 0 Å². The summed E-state index contributed by atoms with van der Waals surface area (Å²) < 4.78 is 32.5. The van der Waals surface area contributed by atoms with Crippen LogP contribution < -0.4 is 4.74 Å². The lowest BCUT2D eigenvalue weighted by atomic mass is 10.1. The van der Waals surface area contributed by atoms with E-state index in [2.05, 4.69) is 9.97 Å². The maximum absolute atomic E-state index is 12.6. The van der Waals surface area contributed by atoms with Gasteiger partial charge in [0.2, 0.25) is 10.0 Å². The summed E-state index contributed by atoms with van der Waals surface area (Å²) in [6, 6.07) is 11.6. The Labute approximate surface area is 154 Å². The third kappa shape index (κ3) is 4.89. The van der Waals surface area contributed by atoms with E-state index in [0.29, 0.717) is 19.1 Å². The Hall–Kier alpha value is -2.25. The fourth-order valence-electron chi connectivity index (χ4n) is 2.94. The van der Waals surface area contributed by atoms with Crippen LogP contribution in [0.3, 0.4) is 0 Å². The van der Waals surface area contributed by atoms with Crippen molar-refractivity contribution in [3.05, 3.63) is 58.8 Å². The standard InChI is InChI=1S/C19H23N3O3S/c1-15-13-16(2)21-19(20-15)25-18-9-6-11-22(14-18)26(23,24)12-10-17-7-4-3-5-8-17/h3-5,7-8,10,12-13,18H,6,9,11,14H2,1-2H3/b12-10+. The number of rotatable bonds is 5. The summed E-state index contributed by atoms with van der Waals surface area (Å²) in [6.07, 6.45) is 2.90. The van der Waals surface area contributed by atoms with Gasteiger partial charge >= 0.3 is 6.01 Å². The van der Waals surface area contributed by atoms with E-state index in [1.807, 2.05) is 50.2 Å². The molecule has 0 radical (unpaired) electrons. The Kier molecular flexibility index (Phi) is 5.68. The summed E-state index contributed by atoms with van der Waals surface area (Å²) in [5, 5.41) is 1.26. The lowest BCUT2D eigenvalue weighted by molar-refractivity contribution is 0.119. The van der Waals surface area contributed by atoms with Gasteiger partial charge in [0, 0.05) is 23.3 Å². The number of hydrogen-bond donors (Lipinski definition) is 0. The Morgan fingerprint density at radius 1 is 1.15 bits per heavy atom. The molecule has 1 fully saturated rings. The van der Waals surface area contributed by atoms with Crippen LogP contribution in [0, 0.1) is 13.8 Å². The second kappa shape index (κ2) is 7.97. The van der Waals surface area contributed by atoms with Gasteiger partial charge in [-0.1, -0.05) is 30.3 Å². The molecular weight excluding hydrogens is 350 g/mol. The first-order valence-corrected chi connectivity index (χ1v) is 10.1. The van der Waals surface area contributed by atoms with E-state index in [4.69, 9.17) is 4.74 Å². The minimum absolute atomic E-state index is 0.246. The molecule has 1 aromatic heterocycles. The topological polar surface area (TPSA) is 72.4 Å². The molecule has 2 heterocycles. The molecule has 1 saturated heterocycles. The number of benzene rings is 1. The molecule has 26 heavy (non-hydrogen) atoms. The number of sulfonamides is 1. The van der Waals surface area contributed by atoms with Crippen molar-refractivity contribution in [1.29, 1.82) is 0 Å². The average molecular weight is 373 g/mol. The summed E-state index contributed by atoms with van der Waals surface area (Å²) in [5.74, 6) is 0. The summed E-state index contributed by atoms with van der Waals surface area (Å²) in [5.41, 5.74) is 2.52. The molecule has 1 aliphatic rings. The summed E-state index contributed by atoms with van der Waals surface area (Å²) >= 11 is 0. The molecule has 0 N–H and O–H groups in total. The van der Waals surface area contributed by atoms with E-state index < -0.39 is 10.0 Å². The van der Waals surface area contributed by atoms with E-state index >= 15 is 0 Å². The first-order valence-electron chi connectivity index (χ1n) is 8.64. The zero-order chi connectivity index (χ0) is 18.6. The highest BCUT2D eigenvalue weighted by atomic mass is 32.2. The SMILES string of the molecule is Cc1cc(C)nc(OC2CCCN(S(=O)(=O)/C=C/c3ccccc3)C2)n1. The molecule has 6 nitrogen and oxygen atoms in total. The molecule has 0 amide bonds. The molecule has 0 saturated carbocycles. The van der Waals surface area contributed by atoms with Crippen LogP contribution in [-0.4, -0.2) is 41.9 Å². The molecule has 1 atom stereocenters. The van der Waals surface area contributed by atoms with E-state index in [9.17, 15) is 8.42 Å². The molecule has 3 rings (SSSR count). The van der Waals surface area contributed by atoms with Crippen LogP contribution in [0.2, 0.25) is 0 Å². The van der Waals surface area contributed by atoms with Crippen LogP contribution in [0.25, 0.3) is 6.08 Å². The molecule has 0 bridgehead atoms. The first-order chi connectivity index (χ1) is 12.4. The maximum Gasteiger partial charge on any atom is 0.317 e. The average Bonchev–Trinajstić information content (AvgIpc) is 2.60. The van der Waals surface area contributed by atoms with E-state index in [1.54, 1.807) is 6.08 Å². The first kappa shape index (κ1) is 18.5. The molecular formula is C19H23N3O3S. The quantitative estimate of drug-likeness (QED) is 0.806. The lowest BCUT2D eigenvalue weighted by Crippen LogP contribution is -2.43. The minimum atomic E-state index is -3.49. The number of aryl methyl sites for hydroxylation is 2. The van der Waals surface area contributed by atoms with Gasteiger partial charge < -0.3 is 4.74 Å². The number of ether oxygens (including phenoxy) is 1. The van der Waals surface area contributed by atoms with Crippen molar-refractivity contribution >= 4 is 16.1 Å².